The average molecular weight is 490 g/mol. The topological polar surface area (TPSA) is 113 Å². The van der Waals surface area contributed by atoms with Crippen LogP contribution in [0.4, 0.5) is 11.4 Å². The molecule has 0 spiro atoms. The maximum absolute atomic E-state index is 13.2. The van der Waals surface area contributed by atoms with Crippen LogP contribution in [0.5, 0.6) is 0 Å². The van der Waals surface area contributed by atoms with Crippen molar-refractivity contribution >= 4 is 50.9 Å². The first kappa shape index (κ1) is 23.3. The number of esters is 1. The molecule has 33 heavy (non-hydrogen) atoms. The zero-order valence-electron chi connectivity index (χ0n) is 18.3. The van der Waals surface area contributed by atoms with Crippen LogP contribution in [0.25, 0.3) is 0 Å². The third-order valence-electron chi connectivity index (χ3n) is 5.53. The number of nitrogens with zero attached hydrogens (tertiary/aromatic N) is 2. The highest BCUT2D eigenvalue weighted by molar-refractivity contribution is 8.02. The van der Waals surface area contributed by atoms with Crippen LogP contribution in [-0.2, 0) is 29.1 Å². The van der Waals surface area contributed by atoms with Gasteiger partial charge in [-0.25, -0.2) is 17.5 Å². The van der Waals surface area contributed by atoms with E-state index < -0.39 is 32.9 Å². The molecule has 2 aromatic carbocycles. The van der Waals surface area contributed by atoms with Crippen molar-refractivity contribution in [2.45, 2.75) is 40.5 Å². The molecule has 2 aliphatic heterocycles. The molecule has 2 amide bonds. The first-order valence-corrected chi connectivity index (χ1v) is 12.5. The van der Waals surface area contributed by atoms with Crippen molar-refractivity contribution in [3.05, 3.63) is 48.5 Å². The van der Waals surface area contributed by atoms with E-state index in [0.717, 1.165) is 9.20 Å². The number of fused-ring (bicyclic) bond motifs is 3. The molecular weight excluding hydrogens is 466 g/mol. The number of carbonyl (C=O) groups is 3. The van der Waals surface area contributed by atoms with E-state index in [0.29, 0.717) is 5.69 Å². The maximum Gasteiger partial charge on any atom is 0.344 e. The molecule has 1 fully saturated rings. The number of amides is 2. The van der Waals surface area contributed by atoms with Gasteiger partial charge < -0.3 is 10.1 Å². The summed E-state index contributed by atoms with van der Waals surface area (Å²) in [6.07, 6.45) is -0.671. The second-order valence-electron chi connectivity index (χ2n) is 7.94. The van der Waals surface area contributed by atoms with Crippen molar-refractivity contribution in [2.75, 3.05) is 24.3 Å². The fourth-order valence-electron chi connectivity index (χ4n) is 3.77. The van der Waals surface area contributed by atoms with E-state index in [4.69, 9.17) is 4.74 Å². The molecule has 1 saturated heterocycles. The first-order valence-electron chi connectivity index (χ1n) is 10.2. The van der Waals surface area contributed by atoms with Gasteiger partial charge in [-0.05, 0) is 37.3 Å². The summed E-state index contributed by atoms with van der Waals surface area (Å²) in [6.45, 7) is 1.43. The van der Waals surface area contributed by atoms with Gasteiger partial charge in [-0.15, -0.1) is 0 Å². The van der Waals surface area contributed by atoms with E-state index in [1.807, 2.05) is 12.1 Å². The van der Waals surface area contributed by atoms with Crippen LogP contribution < -0.4 is 10.2 Å². The summed E-state index contributed by atoms with van der Waals surface area (Å²) in [7, 11) is -0.842. The molecule has 0 bridgehead atoms. The Morgan fingerprint density at radius 1 is 1.18 bits per heavy atom. The molecule has 9 nitrogen and oxygen atoms in total. The standard InChI is InChI=1S/C22H23N3O6S2/c1-14(20(27)23-15-7-6-8-16(13-15)33(29,30)24(2)3)31-21(28)22-12-11-19(26)25(22)17-9-4-5-10-18(17)32-22/h4-10,13-14H,11-12H2,1-3H3,(H,23,27)/t14-,22-/m1/s1. The van der Waals surface area contributed by atoms with E-state index in [9.17, 15) is 22.8 Å². The number of hydrogen-bond acceptors (Lipinski definition) is 7. The van der Waals surface area contributed by atoms with Crippen molar-refractivity contribution in [1.82, 2.24) is 4.31 Å². The molecule has 2 aromatic rings. The van der Waals surface area contributed by atoms with E-state index in [1.165, 1.54) is 55.9 Å². The van der Waals surface area contributed by atoms with E-state index in [1.54, 1.807) is 18.2 Å². The zero-order valence-corrected chi connectivity index (χ0v) is 19.9. The molecule has 11 heteroatoms. The highest BCUT2D eigenvalue weighted by atomic mass is 32.2. The summed E-state index contributed by atoms with van der Waals surface area (Å²) in [5.41, 5.74) is 0.919. The Balaban J connectivity index is 1.48. The van der Waals surface area contributed by atoms with Crippen molar-refractivity contribution in [3.63, 3.8) is 0 Å². The first-order chi connectivity index (χ1) is 15.6. The van der Waals surface area contributed by atoms with Gasteiger partial charge in [0.05, 0.1) is 10.6 Å². The zero-order chi connectivity index (χ0) is 24.0. The number of rotatable bonds is 6. The summed E-state index contributed by atoms with van der Waals surface area (Å²) in [5, 5.41) is 2.59. The number of thioether (sulfide) groups is 1. The third kappa shape index (κ3) is 4.00. The summed E-state index contributed by atoms with van der Waals surface area (Å²) >= 11 is 1.26. The lowest BCUT2D eigenvalue weighted by Gasteiger charge is -2.29. The van der Waals surface area contributed by atoms with Gasteiger partial charge in [0.25, 0.3) is 5.91 Å². The quantitative estimate of drug-likeness (QED) is 0.620. The highest BCUT2D eigenvalue weighted by Crippen LogP contribution is 2.56. The summed E-state index contributed by atoms with van der Waals surface area (Å²) < 4.78 is 31.2. The van der Waals surface area contributed by atoms with Crippen molar-refractivity contribution < 1.29 is 27.5 Å². The fourth-order valence-corrected chi connectivity index (χ4v) is 6.12. The molecular formula is C22H23N3O6S2. The van der Waals surface area contributed by atoms with Gasteiger partial charge in [-0.1, -0.05) is 30.0 Å². The number of ether oxygens (including phenoxy) is 1. The maximum atomic E-state index is 13.2. The van der Waals surface area contributed by atoms with Crippen LogP contribution in [0.15, 0.2) is 58.3 Å². The van der Waals surface area contributed by atoms with Crippen molar-refractivity contribution in [1.29, 1.82) is 0 Å². The van der Waals surface area contributed by atoms with Gasteiger partial charge in [-0.3, -0.25) is 14.5 Å². The van der Waals surface area contributed by atoms with Gasteiger partial charge in [0.15, 0.2) is 11.0 Å². The van der Waals surface area contributed by atoms with E-state index >= 15 is 0 Å². The Morgan fingerprint density at radius 2 is 1.91 bits per heavy atom. The second kappa shape index (κ2) is 8.47. The lowest BCUT2D eigenvalue weighted by atomic mass is 10.2. The highest BCUT2D eigenvalue weighted by Gasteiger charge is 2.59. The lowest BCUT2D eigenvalue weighted by Crippen LogP contribution is -2.49. The predicted octanol–water partition coefficient (Wildman–Crippen LogP) is 2.44. The van der Waals surface area contributed by atoms with E-state index in [2.05, 4.69) is 5.32 Å². The summed E-state index contributed by atoms with van der Waals surface area (Å²) in [6, 6.07) is 13.1. The van der Waals surface area contributed by atoms with E-state index in [-0.39, 0.29) is 29.3 Å². The van der Waals surface area contributed by atoms with Crippen LogP contribution in [0.1, 0.15) is 19.8 Å². The Labute approximate surface area is 196 Å². The average Bonchev–Trinajstić information content (AvgIpc) is 3.29. The van der Waals surface area contributed by atoms with Gasteiger partial charge in [0.1, 0.15) is 0 Å². The van der Waals surface area contributed by atoms with Crippen molar-refractivity contribution in [3.8, 4) is 0 Å². The largest absolute Gasteiger partial charge is 0.450 e. The Hall–Kier alpha value is -2.89. The molecule has 0 saturated carbocycles. The number of para-hydroxylation sites is 1. The fraction of sp³-hybridized carbons (Fsp3) is 0.318. The minimum Gasteiger partial charge on any atom is -0.450 e. The molecule has 1 N–H and O–H groups in total. The van der Waals surface area contributed by atoms with Gasteiger partial charge in [0.2, 0.25) is 15.9 Å². The molecule has 174 valence electrons. The number of sulfonamides is 1. The number of carbonyl (C=O) groups excluding carboxylic acids is 3. The molecule has 0 unspecified atom stereocenters. The summed E-state index contributed by atoms with van der Waals surface area (Å²) in [5.74, 6) is -1.45. The second-order valence-corrected chi connectivity index (χ2v) is 11.4. The third-order valence-corrected chi connectivity index (χ3v) is 8.79. The Morgan fingerprint density at radius 3 is 2.64 bits per heavy atom. The number of anilines is 2. The molecule has 0 radical (unpaired) electrons. The Bertz CT molecular complexity index is 1250. The lowest BCUT2D eigenvalue weighted by molar-refractivity contribution is -0.155. The SMILES string of the molecule is C[C@@H](OC(=O)[C@]12CCC(=O)N1c1ccccc1S2)C(=O)Nc1cccc(S(=O)(=O)N(C)C)c1. The molecule has 2 aliphatic rings. The van der Waals surface area contributed by atoms with Gasteiger partial charge in [-0.2, -0.15) is 0 Å². The molecule has 4 rings (SSSR count). The predicted molar refractivity (Wildman–Crippen MR) is 123 cm³/mol. The number of benzene rings is 2. The minimum atomic E-state index is -3.67. The van der Waals surface area contributed by atoms with Crippen LogP contribution in [-0.4, -0.2) is 55.6 Å². The smallest absolute Gasteiger partial charge is 0.344 e. The van der Waals surface area contributed by atoms with Crippen LogP contribution in [0.3, 0.4) is 0 Å². The molecule has 2 atom stereocenters. The minimum absolute atomic E-state index is 0.0223. The number of nitrogens with one attached hydrogen (secondary N) is 1. The molecule has 0 aromatic heterocycles. The Kier molecular flexibility index (Phi) is 5.97. The van der Waals surface area contributed by atoms with Crippen LogP contribution >= 0.6 is 11.8 Å². The van der Waals surface area contributed by atoms with Gasteiger partial charge in [0, 0.05) is 37.5 Å². The van der Waals surface area contributed by atoms with Crippen LogP contribution in [0, 0.1) is 0 Å². The van der Waals surface area contributed by atoms with Crippen molar-refractivity contribution in [2.24, 2.45) is 0 Å². The molecule has 2 heterocycles. The monoisotopic (exact) mass is 489 g/mol. The normalized spacial score (nSPS) is 20.4. The number of hydrogen-bond donors (Lipinski definition) is 1. The molecule has 0 aliphatic carbocycles. The van der Waals surface area contributed by atoms with Crippen LogP contribution in [0.2, 0.25) is 0 Å². The van der Waals surface area contributed by atoms with Gasteiger partial charge >= 0.3 is 5.97 Å². The summed E-state index contributed by atoms with van der Waals surface area (Å²) in [4.78, 5) is 39.5.